The van der Waals surface area contributed by atoms with Gasteiger partial charge in [-0.05, 0) is 31.5 Å². The highest BCUT2D eigenvalue weighted by molar-refractivity contribution is 5.92. The van der Waals surface area contributed by atoms with Crippen LogP contribution in [0.4, 0.5) is 0 Å². The summed E-state index contributed by atoms with van der Waals surface area (Å²) in [5.74, 6) is -0.0871. The predicted octanol–water partition coefficient (Wildman–Crippen LogP) is 1.04. The number of imidazole rings is 1. The van der Waals surface area contributed by atoms with Gasteiger partial charge in [-0.15, -0.1) is 0 Å². The van der Waals surface area contributed by atoms with Gasteiger partial charge in [-0.2, -0.15) is 5.10 Å². The number of fused-ring (bicyclic) bond motifs is 1. The van der Waals surface area contributed by atoms with E-state index in [-0.39, 0.29) is 17.6 Å². The van der Waals surface area contributed by atoms with E-state index in [9.17, 15) is 9.59 Å². The van der Waals surface area contributed by atoms with Crippen LogP contribution < -0.4 is 5.69 Å². The highest BCUT2D eigenvalue weighted by Gasteiger charge is 2.31. The van der Waals surface area contributed by atoms with Gasteiger partial charge in [-0.25, -0.2) is 9.78 Å². The standard InChI is InChI=1S/C17H20N6O2/c1-3-22-10-7-13(19-22)16(24)21-9-6-12(11-21)23-15-14(5-4-8-18-15)20(2)17(23)25/h4-5,7-8,10,12H,3,6,9,11H2,1-2H3/t12-/m1/s1. The minimum absolute atomic E-state index is 0.0664. The first-order valence-electron chi connectivity index (χ1n) is 8.44. The smallest absolute Gasteiger partial charge is 0.330 e. The number of aryl methyl sites for hydroxylation is 2. The van der Waals surface area contributed by atoms with Crippen LogP contribution in [0.5, 0.6) is 0 Å². The van der Waals surface area contributed by atoms with Crippen molar-refractivity contribution in [2.45, 2.75) is 25.9 Å². The molecule has 130 valence electrons. The zero-order valence-corrected chi connectivity index (χ0v) is 14.3. The minimum Gasteiger partial charge on any atom is -0.335 e. The summed E-state index contributed by atoms with van der Waals surface area (Å²) in [5, 5.41) is 4.28. The summed E-state index contributed by atoms with van der Waals surface area (Å²) in [6.07, 6.45) is 4.23. The molecule has 0 unspecified atom stereocenters. The van der Waals surface area contributed by atoms with Crippen molar-refractivity contribution in [2.75, 3.05) is 13.1 Å². The molecule has 8 heteroatoms. The Morgan fingerprint density at radius 2 is 2.20 bits per heavy atom. The van der Waals surface area contributed by atoms with E-state index < -0.39 is 0 Å². The Hall–Kier alpha value is -2.90. The number of carbonyl (C=O) groups is 1. The first-order chi connectivity index (χ1) is 12.1. The van der Waals surface area contributed by atoms with Crippen molar-refractivity contribution in [2.24, 2.45) is 7.05 Å². The molecule has 4 rings (SSSR count). The topological polar surface area (TPSA) is 78.0 Å². The lowest BCUT2D eigenvalue weighted by Gasteiger charge is -2.15. The molecule has 0 saturated carbocycles. The van der Waals surface area contributed by atoms with E-state index in [0.29, 0.717) is 24.4 Å². The third-order valence-corrected chi connectivity index (χ3v) is 4.85. The van der Waals surface area contributed by atoms with Gasteiger partial charge < -0.3 is 4.90 Å². The molecular weight excluding hydrogens is 320 g/mol. The Balaban J connectivity index is 1.62. The zero-order chi connectivity index (χ0) is 17.6. The van der Waals surface area contributed by atoms with Gasteiger partial charge in [0.05, 0.1) is 11.6 Å². The lowest BCUT2D eigenvalue weighted by molar-refractivity contribution is 0.0781. The van der Waals surface area contributed by atoms with E-state index in [4.69, 9.17) is 0 Å². The normalized spacial score (nSPS) is 17.5. The molecule has 1 atom stereocenters. The molecule has 8 nitrogen and oxygen atoms in total. The highest BCUT2D eigenvalue weighted by Crippen LogP contribution is 2.24. The predicted molar refractivity (Wildman–Crippen MR) is 92.4 cm³/mol. The van der Waals surface area contributed by atoms with Gasteiger partial charge in [0.15, 0.2) is 5.65 Å². The third kappa shape index (κ3) is 2.45. The van der Waals surface area contributed by atoms with Gasteiger partial charge >= 0.3 is 5.69 Å². The second-order valence-electron chi connectivity index (χ2n) is 6.31. The van der Waals surface area contributed by atoms with Gasteiger partial charge in [0.1, 0.15) is 5.69 Å². The molecule has 3 aromatic heterocycles. The number of nitrogens with zero attached hydrogens (tertiary/aromatic N) is 6. The molecule has 0 N–H and O–H groups in total. The lowest BCUT2D eigenvalue weighted by Crippen LogP contribution is -2.32. The highest BCUT2D eigenvalue weighted by atomic mass is 16.2. The van der Waals surface area contributed by atoms with E-state index in [1.54, 1.807) is 44.2 Å². The molecule has 1 saturated heterocycles. The van der Waals surface area contributed by atoms with E-state index in [0.717, 1.165) is 18.5 Å². The molecule has 0 aromatic carbocycles. The van der Waals surface area contributed by atoms with Crippen LogP contribution in [0.3, 0.4) is 0 Å². The van der Waals surface area contributed by atoms with Crippen LogP contribution in [0.1, 0.15) is 29.9 Å². The average Bonchev–Trinajstić information content (AvgIpc) is 3.34. The first-order valence-corrected chi connectivity index (χ1v) is 8.44. The Kier molecular flexibility index (Phi) is 3.67. The summed E-state index contributed by atoms with van der Waals surface area (Å²) >= 11 is 0. The van der Waals surface area contributed by atoms with Gasteiger partial charge in [-0.1, -0.05) is 0 Å². The SMILES string of the molecule is CCn1ccc(C(=O)N2CC[C@@H](n3c(=O)n(C)c4cccnc43)C2)n1. The van der Waals surface area contributed by atoms with Gasteiger partial charge in [0.2, 0.25) is 0 Å². The fourth-order valence-electron chi connectivity index (χ4n) is 3.47. The monoisotopic (exact) mass is 340 g/mol. The third-order valence-electron chi connectivity index (χ3n) is 4.85. The summed E-state index contributed by atoms with van der Waals surface area (Å²) in [6, 6.07) is 5.38. The quantitative estimate of drug-likeness (QED) is 0.714. The number of hydrogen-bond acceptors (Lipinski definition) is 4. The van der Waals surface area contributed by atoms with Crippen LogP contribution in [-0.2, 0) is 13.6 Å². The summed E-state index contributed by atoms with van der Waals surface area (Å²) in [7, 11) is 1.75. The van der Waals surface area contributed by atoms with Crippen LogP contribution in [0.25, 0.3) is 11.2 Å². The summed E-state index contributed by atoms with van der Waals surface area (Å²) in [4.78, 5) is 31.4. The van der Waals surface area contributed by atoms with Crippen LogP contribution in [-0.4, -0.2) is 47.8 Å². The van der Waals surface area contributed by atoms with Crippen molar-refractivity contribution in [1.82, 2.24) is 28.8 Å². The molecule has 1 fully saturated rings. The lowest BCUT2D eigenvalue weighted by atomic mass is 10.2. The fourth-order valence-corrected chi connectivity index (χ4v) is 3.47. The van der Waals surface area contributed by atoms with Crippen LogP contribution >= 0.6 is 0 Å². The number of amides is 1. The maximum Gasteiger partial charge on any atom is 0.330 e. The largest absolute Gasteiger partial charge is 0.335 e. The molecule has 1 aliphatic rings. The molecule has 3 aromatic rings. The number of carbonyl (C=O) groups excluding carboxylic acids is 1. The zero-order valence-electron chi connectivity index (χ0n) is 14.3. The van der Waals surface area contributed by atoms with E-state index in [1.807, 2.05) is 19.1 Å². The summed E-state index contributed by atoms with van der Waals surface area (Å²) < 4.78 is 5.06. The Labute approximate surface area is 144 Å². The molecule has 4 heterocycles. The minimum atomic E-state index is -0.0942. The molecule has 0 spiro atoms. The molecule has 0 bridgehead atoms. The molecule has 0 radical (unpaired) electrons. The number of aromatic nitrogens is 5. The number of hydrogen-bond donors (Lipinski definition) is 0. The molecule has 25 heavy (non-hydrogen) atoms. The second kappa shape index (κ2) is 5.87. The van der Waals surface area contributed by atoms with Crippen LogP contribution in [0, 0.1) is 0 Å². The van der Waals surface area contributed by atoms with Crippen molar-refractivity contribution >= 4 is 17.1 Å². The molecular formula is C17H20N6O2. The second-order valence-corrected chi connectivity index (χ2v) is 6.31. The molecule has 1 amide bonds. The number of likely N-dealkylation sites (tertiary alicyclic amines) is 1. The Morgan fingerprint density at radius 3 is 2.96 bits per heavy atom. The molecule has 0 aliphatic carbocycles. The maximum atomic E-state index is 12.6. The van der Waals surface area contributed by atoms with Gasteiger partial charge in [-0.3, -0.25) is 18.6 Å². The van der Waals surface area contributed by atoms with Crippen LogP contribution in [0.15, 0.2) is 35.4 Å². The first kappa shape index (κ1) is 15.6. The number of pyridine rings is 1. The van der Waals surface area contributed by atoms with Crippen LogP contribution in [0.2, 0.25) is 0 Å². The Morgan fingerprint density at radius 1 is 1.36 bits per heavy atom. The molecule has 1 aliphatic heterocycles. The van der Waals surface area contributed by atoms with Gasteiger partial charge in [0.25, 0.3) is 5.91 Å². The Bertz CT molecular complexity index is 998. The van der Waals surface area contributed by atoms with Crippen molar-refractivity contribution in [3.63, 3.8) is 0 Å². The van der Waals surface area contributed by atoms with Crippen molar-refractivity contribution in [3.8, 4) is 0 Å². The summed E-state index contributed by atoms with van der Waals surface area (Å²) in [6.45, 7) is 3.81. The van der Waals surface area contributed by atoms with Crippen molar-refractivity contribution < 1.29 is 4.79 Å². The van der Waals surface area contributed by atoms with Crippen molar-refractivity contribution in [3.05, 3.63) is 46.8 Å². The summed E-state index contributed by atoms with van der Waals surface area (Å²) in [5.41, 5.74) is 1.83. The van der Waals surface area contributed by atoms with E-state index in [1.165, 1.54) is 0 Å². The van der Waals surface area contributed by atoms with Crippen molar-refractivity contribution in [1.29, 1.82) is 0 Å². The van der Waals surface area contributed by atoms with Gasteiger partial charge in [0, 0.05) is 39.1 Å². The maximum absolute atomic E-state index is 12.6. The average molecular weight is 340 g/mol. The van der Waals surface area contributed by atoms with E-state index in [2.05, 4.69) is 10.1 Å². The van der Waals surface area contributed by atoms with E-state index >= 15 is 0 Å². The number of rotatable bonds is 3. The fraction of sp³-hybridized carbons (Fsp3) is 0.412.